The van der Waals surface area contributed by atoms with Crippen molar-refractivity contribution in [1.29, 1.82) is 0 Å². The molecule has 1 N–H and O–H groups in total. The summed E-state index contributed by atoms with van der Waals surface area (Å²) in [6.45, 7) is 3.54. The second-order valence-corrected chi connectivity index (χ2v) is 9.17. The number of hydrogen-bond acceptors (Lipinski definition) is 10. The molecule has 0 unspecified atom stereocenters. The fourth-order valence-electron chi connectivity index (χ4n) is 3.61. The highest BCUT2D eigenvalue weighted by atomic mass is 32.1. The summed E-state index contributed by atoms with van der Waals surface area (Å²) in [5, 5.41) is 3.18. The van der Waals surface area contributed by atoms with E-state index in [-0.39, 0.29) is 12.4 Å². The maximum Gasteiger partial charge on any atom is 0.411 e. The Bertz CT molecular complexity index is 1600. The third-order valence-corrected chi connectivity index (χ3v) is 6.29. The molecule has 10 nitrogen and oxygen atoms in total. The van der Waals surface area contributed by atoms with Crippen LogP contribution in [0, 0.1) is 12.7 Å². The minimum atomic E-state index is -0.695. The number of aryl methyl sites for hydroxylation is 1. The second-order valence-electron chi connectivity index (χ2n) is 8.14. The normalized spacial score (nSPS) is 11.9. The zero-order valence-electron chi connectivity index (χ0n) is 20.1. The Balaban J connectivity index is 1.34. The van der Waals surface area contributed by atoms with Gasteiger partial charge in [-0.1, -0.05) is 0 Å². The molecule has 0 bridgehead atoms. The summed E-state index contributed by atoms with van der Waals surface area (Å²) in [6.07, 6.45) is 4.47. The average molecular weight is 521 g/mol. The van der Waals surface area contributed by atoms with E-state index in [0.29, 0.717) is 33.1 Å². The number of anilines is 1. The van der Waals surface area contributed by atoms with E-state index < -0.39 is 18.0 Å². The lowest BCUT2D eigenvalue weighted by Crippen LogP contribution is -2.24. The minimum Gasteiger partial charge on any atom is -0.484 e. The first kappa shape index (κ1) is 24.3. The molecular weight excluding hydrogens is 499 g/mol. The number of carbonyl (C=O) groups excluding carboxylic acids is 1. The van der Waals surface area contributed by atoms with Gasteiger partial charge in [-0.2, -0.15) is 0 Å². The predicted molar refractivity (Wildman–Crippen MR) is 136 cm³/mol. The summed E-state index contributed by atoms with van der Waals surface area (Å²) in [7, 11) is 1.54. The lowest BCUT2D eigenvalue weighted by molar-refractivity contribution is 0.0969. The number of nitrogens with zero attached hydrogens (tertiary/aromatic N) is 5. The number of aromatic nitrogens is 5. The van der Waals surface area contributed by atoms with Crippen molar-refractivity contribution < 1.29 is 23.4 Å². The predicted octanol–water partition coefficient (Wildman–Crippen LogP) is 5.17. The Morgan fingerprint density at radius 3 is 2.70 bits per heavy atom. The first-order valence-electron chi connectivity index (χ1n) is 11.2. The molecule has 0 fully saturated rings. The number of nitrogens with one attached hydrogen (secondary N) is 1. The molecule has 0 aliphatic heterocycles. The van der Waals surface area contributed by atoms with E-state index in [1.807, 2.05) is 19.1 Å². The number of thiazole rings is 1. The molecule has 3 heterocycles. The SMILES string of the molecule is COc1cnc2c(-c3nc4cc(F)c(O[C@@H](C)COC(=O)Nc5cncnc5)cc4s3)cc(C)cc2n1. The molecule has 5 rings (SSSR count). The summed E-state index contributed by atoms with van der Waals surface area (Å²) >= 11 is 1.39. The average Bonchev–Trinajstić information content (AvgIpc) is 3.29. The molecule has 0 aliphatic carbocycles. The number of hydrogen-bond donors (Lipinski definition) is 1. The maximum atomic E-state index is 14.8. The molecule has 0 saturated heterocycles. The molecule has 1 atom stereocenters. The van der Waals surface area contributed by atoms with Gasteiger partial charge in [0.15, 0.2) is 11.6 Å². The van der Waals surface area contributed by atoms with Crippen LogP contribution in [0.2, 0.25) is 0 Å². The molecule has 188 valence electrons. The lowest BCUT2D eigenvalue weighted by Gasteiger charge is -2.15. The van der Waals surface area contributed by atoms with Crippen molar-refractivity contribution in [3.05, 3.63) is 60.6 Å². The van der Waals surface area contributed by atoms with E-state index in [9.17, 15) is 9.18 Å². The van der Waals surface area contributed by atoms with Gasteiger partial charge in [-0.25, -0.2) is 34.1 Å². The van der Waals surface area contributed by atoms with Crippen LogP contribution in [-0.4, -0.2) is 50.8 Å². The molecule has 0 spiro atoms. The summed E-state index contributed by atoms with van der Waals surface area (Å²) < 4.78 is 31.6. The molecular formula is C25H21FN6O4S. The van der Waals surface area contributed by atoms with E-state index in [1.54, 1.807) is 19.2 Å². The van der Waals surface area contributed by atoms with Gasteiger partial charge in [-0.05, 0) is 31.5 Å². The summed E-state index contributed by atoms with van der Waals surface area (Å²) in [5.74, 6) is -0.114. The van der Waals surface area contributed by atoms with Crippen LogP contribution in [0.1, 0.15) is 12.5 Å². The van der Waals surface area contributed by atoms with E-state index in [2.05, 4.69) is 30.2 Å². The summed E-state index contributed by atoms with van der Waals surface area (Å²) in [6, 6.07) is 6.81. The first-order chi connectivity index (χ1) is 17.9. The number of halogens is 1. The Morgan fingerprint density at radius 2 is 1.92 bits per heavy atom. The molecule has 0 aliphatic rings. The van der Waals surface area contributed by atoms with Gasteiger partial charge >= 0.3 is 6.09 Å². The fourth-order valence-corrected chi connectivity index (χ4v) is 4.60. The molecule has 0 radical (unpaired) electrons. The Morgan fingerprint density at radius 1 is 1.11 bits per heavy atom. The zero-order valence-corrected chi connectivity index (χ0v) is 20.9. The van der Waals surface area contributed by atoms with Crippen molar-refractivity contribution in [1.82, 2.24) is 24.9 Å². The highest BCUT2D eigenvalue weighted by Crippen LogP contribution is 2.37. The maximum absolute atomic E-state index is 14.8. The van der Waals surface area contributed by atoms with Gasteiger partial charge in [0.25, 0.3) is 0 Å². The summed E-state index contributed by atoms with van der Waals surface area (Å²) in [4.78, 5) is 33.2. The third-order valence-electron chi connectivity index (χ3n) is 5.23. The smallest absolute Gasteiger partial charge is 0.411 e. The molecule has 5 aromatic rings. The topological polar surface area (TPSA) is 121 Å². The number of ether oxygens (including phenoxy) is 3. The first-order valence-corrected chi connectivity index (χ1v) is 12.0. The number of rotatable bonds is 7. The lowest BCUT2D eigenvalue weighted by atomic mass is 10.1. The molecule has 12 heteroatoms. The van der Waals surface area contributed by atoms with E-state index >= 15 is 0 Å². The fraction of sp³-hybridized carbons (Fsp3) is 0.200. The van der Waals surface area contributed by atoms with Crippen LogP contribution >= 0.6 is 11.3 Å². The third kappa shape index (κ3) is 5.38. The van der Waals surface area contributed by atoms with Gasteiger partial charge in [0.1, 0.15) is 24.0 Å². The molecule has 0 saturated carbocycles. The van der Waals surface area contributed by atoms with E-state index in [1.165, 1.54) is 43.2 Å². The van der Waals surface area contributed by atoms with Crippen molar-refractivity contribution in [2.24, 2.45) is 0 Å². The van der Waals surface area contributed by atoms with E-state index in [4.69, 9.17) is 14.2 Å². The van der Waals surface area contributed by atoms with Crippen molar-refractivity contribution in [2.45, 2.75) is 20.0 Å². The molecule has 1 amide bonds. The van der Waals surface area contributed by atoms with Crippen LogP contribution < -0.4 is 14.8 Å². The van der Waals surface area contributed by atoms with Gasteiger partial charge in [0, 0.05) is 17.7 Å². The van der Waals surface area contributed by atoms with Crippen molar-refractivity contribution >= 4 is 44.4 Å². The van der Waals surface area contributed by atoms with Crippen molar-refractivity contribution in [3.63, 3.8) is 0 Å². The Hall–Kier alpha value is -4.45. The van der Waals surface area contributed by atoms with Gasteiger partial charge < -0.3 is 14.2 Å². The van der Waals surface area contributed by atoms with Crippen molar-refractivity contribution in [2.75, 3.05) is 19.0 Å². The van der Waals surface area contributed by atoms with Crippen LogP contribution in [0.3, 0.4) is 0 Å². The number of carbonyl (C=O) groups is 1. The van der Waals surface area contributed by atoms with Gasteiger partial charge in [-0.15, -0.1) is 11.3 Å². The number of fused-ring (bicyclic) bond motifs is 2. The van der Waals surface area contributed by atoms with Gasteiger partial charge in [0.2, 0.25) is 5.88 Å². The number of benzene rings is 2. The monoisotopic (exact) mass is 520 g/mol. The van der Waals surface area contributed by atoms with Crippen LogP contribution in [-0.2, 0) is 4.74 Å². The largest absolute Gasteiger partial charge is 0.484 e. The van der Waals surface area contributed by atoms with Crippen LogP contribution in [0.25, 0.3) is 31.8 Å². The number of amides is 1. The van der Waals surface area contributed by atoms with Crippen LogP contribution in [0.4, 0.5) is 14.9 Å². The quantitative estimate of drug-likeness (QED) is 0.310. The van der Waals surface area contributed by atoms with Crippen molar-refractivity contribution in [3.8, 4) is 22.2 Å². The summed E-state index contributed by atoms with van der Waals surface area (Å²) in [5.41, 5.74) is 4.03. The van der Waals surface area contributed by atoms with Gasteiger partial charge in [0.05, 0.1) is 52.6 Å². The standard InChI is InChI=1S/C25H21FN6O4S/c1-13-4-16(23-19(5-13)31-22(34-3)10-29-23)24-32-18-6-17(26)20(7-21(18)37-24)36-14(2)11-35-25(33)30-15-8-27-12-28-9-15/h4-10,12,14H,11H2,1-3H3,(H,30,33)/t14-/m0/s1. The highest BCUT2D eigenvalue weighted by molar-refractivity contribution is 7.21. The highest BCUT2D eigenvalue weighted by Gasteiger charge is 2.17. The zero-order chi connectivity index (χ0) is 25.9. The van der Waals surface area contributed by atoms with Gasteiger partial charge in [-0.3, -0.25) is 5.32 Å². The van der Waals surface area contributed by atoms with E-state index in [0.717, 1.165) is 15.8 Å². The Labute approximate surface area is 214 Å². The van der Waals surface area contributed by atoms with Crippen LogP contribution in [0.5, 0.6) is 11.6 Å². The number of methoxy groups -OCH3 is 1. The van der Waals surface area contributed by atoms with Crippen LogP contribution in [0.15, 0.2) is 49.2 Å². The minimum absolute atomic E-state index is 0.0364. The molecule has 3 aromatic heterocycles. The Kier molecular flexibility index (Phi) is 6.73. The molecule has 37 heavy (non-hydrogen) atoms. The molecule has 2 aromatic carbocycles. The second kappa shape index (κ2) is 10.3.